The molecular weight excluding hydrogens is 184 g/mol. The summed E-state index contributed by atoms with van der Waals surface area (Å²) in [5, 5.41) is 0. The zero-order chi connectivity index (χ0) is 9.74. The Bertz CT molecular complexity index is 327. The van der Waals surface area contributed by atoms with E-state index in [4.69, 9.17) is 0 Å². The van der Waals surface area contributed by atoms with Crippen LogP contribution in [0.15, 0.2) is 12.2 Å². The van der Waals surface area contributed by atoms with Gasteiger partial charge in [0.05, 0.1) is 9.49 Å². The summed E-state index contributed by atoms with van der Waals surface area (Å²) in [5.74, 6) is 0. The Kier molecular flexibility index (Phi) is 1.69. The molecule has 2 aliphatic heterocycles. The molecule has 2 heterocycles. The summed E-state index contributed by atoms with van der Waals surface area (Å²) in [7, 11) is -2.98. The molecule has 0 aromatic carbocycles. The fourth-order valence-electron chi connectivity index (χ4n) is 2.45. The highest BCUT2D eigenvalue weighted by molar-refractivity contribution is 7.94. The first-order valence-electron chi connectivity index (χ1n) is 4.86. The van der Waals surface area contributed by atoms with Crippen molar-refractivity contribution in [3.05, 3.63) is 12.2 Å². The fraction of sp³-hybridized carbons (Fsp3) is 0.800. The highest BCUT2D eigenvalue weighted by Gasteiger charge is 2.53. The van der Waals surface area contributed by atoms with Crippen molar-refractivity contribution in [3.8, 4) is 0 Å². The molecule has 2 nitrogen and oxygen atoms in total. The minimum Gasteiger partial charge on any atom is -0.227 e. The first kappa shape index (κ1) is 9.25. The zero-order valence-electron chi connectivity index (χ0n) is 8.21. The zero-order valence-corrected chi connectivity index (χ0v) is 9.02. The number of hydrogen-bond donors (Lipinski definition) is 0. The highest BCUT2D eigenvalue weighted by Crippen LogP contribution is 2.46. The lowest BCUT2D eigenvalue weighted by molar-refractivity contribution is 0.545. The van der Waals surface area contributed by atoms with Crippen molar-refractivity contribution in [2.24, 2.45) is 0 Å². The minimum atomic E-state index is -2.98. The second-order valence-corrected chi connectivity index (χ2v) is 7.54. The quantitative estimate of drug-likeness (QED) is 0.561. The van der Waals surface area contributed by atoms with Gasteiger partial charge in [-0.2, -0.15) is 0 Å². The van der Waals surface area contributed by atoms with Crippen LogP contribution in [0.5, 0.6) is 0 Å². The summed E-state index contributed by atoms with van der Waals surface area (Å²) in [6.07, 6.45) is 7.47. The van der Waals surface area contributed by atoms with E-state index in [2.05, 4.69) is 0 Å². The Morgan fingerprint density at radius 3 is 1.77 bits per heavy atom. The summed E-state index contributed by atoms with van der Waals surface area (Å²) in [6.45, 7) is 3.71. The van der Waals surface area contributed by atoms with Gasteiger partial charge in [0.2, 0.25) is 0 Å². The summed E-state index contributed by atoms with van der Waals surface area (Å²) in [6, 6.07) is 0. The monoisotopic (exact) mass is 200 g/mol. The van der Waals surface area contributed by atoms with Gasteiger partial charge >= 0.3 is 0 Å². The maximum absolute atomic E-state index is 12.2. The largest absolute Gasteiger partial charge is 0.227 e. The third kappa shape index (κ3) is 0.967. The van der Waals surface area contributed by atoms with E-state index in [9.17, 15) is 8.42 Å². The van der Waals surface area contributed by atoms with Crippen LogP contribution in [-0.4, -0.2) is 17.9 Å². The number of fused-ring (bicyclic) bond motifs is 2. The lowest BCUT2D eigenvalue weighted by Crippen LogP contribution is -2.39. The molecule has 2 aliphatic rings. The van der Waals surface area contributed by atoms with Crippen LogP contribution in [0, 0.1) is 0 Å². The average molecular weight is 200 g/mol. The van der Waals surface area contributed by atoms with Gasteiger partial charge in [-0.1, -0.05) is 25.0 Å². The second-order valence-electron chi connectivity index (χ2n) is 4.67. The van der Waals surface area contributed by atoms with Crippen LogP contribution in [0.3, 0.4) is 0 Å². The molecule has 1 saturated heterocycles. The van der Waals surface area contributed by atoms with Gasteiger partial charge in [0.1, 0.15) is 0 Å². The van der Waals surface area contributed by atoms with Gasteiger partial charge in [-0.3, -0.25) is 0 Å². The van der Waals surface area contributed by atoms with E-state index in [1.807, 2.05) is 26.0 Å². The lowest BCUT2D eigenvalue weighted by Gasteiger charge is -2.26. The molecule has 74 valence electrons. The molecule has 0 amide bonds. The molecule has 0 aromatic heterocycles. The average Bonchev–Trinajstić information content (AvgIpc) is 2.15. The van der Waals surface area contributed by atoms with E-state index >= 15 is 0 Å². The summed E-state index contributed by atoms with van der Waals surface area (Å²) < 4.78 is 23.2. The molecule has 2 atom stereocenters. The molecule has 13 heavy (non-hydrogen) atoms. The molecule has 0 N–H and O–H groups in total. The lowest BCUT2D eigenvalue weighted by atomic mass is 9.93. The van der Waals surface area contributed by atoms with Gasteiger partial charge in [0, 0.05) is 0 Å². The van der Waals surface area contributed by atoms with Crippen molar-refractivity contribution in [1.29, 1.82) is 0 Å². The molecular formula is C10H16O2S. The first-order chi connectivity index (χ1) is 5.91. The van der Waals surface area contributed by atoms with Crippen molar-refractivity contribution in [2.75, 3.05) is 0 Å². The van der Waals surface area contributed by atoms with Crippen LogP contribution in [0.25, 0.3) is 0 Å². The predicted molar refractivity (Wildman–Crippen MR) is 53.3 cm³/mol. The molecule has 0 radical (unpaired) electrons. The van der Waals surface area contributed by atoms with Crippen molar-refractivity contribution >= 4 is 9.84 Å². The maximum Gasteiger partial charge on any atom is 0.168 e. The Morgan fingerprint density at radius 2 is 1.38 bits per heavy atom. The molecule has 1 fully saturated rings. The number of rotatable bonds is 0. The van der Waals surface area contributed by atoms with Gasteiger partial charge in [-0.25, -0.2) is 8.42 Å². The molecule has 0 aromatic rings. The predicted octanol–water partition coefficient (Wildman–Crippen LogP) is 2.06. The number of sulfone groups is 1. The maximum atomic E-state index is 12.2. The van der Waals surface area contributed by atoms with Gasteiger partial charge in [0.25, 0.3) is 0 Å². The summed E-state index contributed by atoms with van der Waals surface area (Å²) in [5.41, 5.74) is 0. The molecule has 3 heteroatoms. The van der Waals surface area contributed by atoms with Crippen LogP contribution < -0.4 is 0 Å². The van der Waals surface area contributed by atoms with E-state index in [1.54, 1.807) is 0 Å². The van der Waals surface area contributed by atoms with E-state index in [1.165, 1.54) is 0 Å². The highest BCUT2D eigenvalue weighted by atomic mass is 32.2. The molecule has 0 spiro atoms. The molecule has 0 saturated carbocycles. The van der Waals surface area contributed by atoms with Gasteiger partial charge in [0.15, 0.2) is 9.84 Å². The van der Waals surface area contributed by atoms with Gasteiger partial charge < -0.3 is 0 Å². The van der Waals surface area contributed by atoms with Crippen molar-refractivity contribution in [2.45, 2.75) is 49.0 Å². The fourth-order valence-corrected chi connectivity index (χ4v) is 4.84. The topological polar surface area (TPSA) is 34.1 Å². The van der Waals surface area contributed by atoms with Crippen LogP contribution in [0.1, 0.15) is 39.5 Å². The third-order valence-electron chi connectivity index (χ3n) is 3.61. The summed E-state index contributed by atoms with van der Waals surface area (Å²) in [4.78, 5) is 0. The van der Waals surface area contributed by atoms with E-state index in [0.29, 0.717) is 0 Å². The smallest absolute Gasteiger partial charge is 0.168 e. The molecule has 2 bridgehead atoms. The Hall–Kier alpha value is -0.310. The Labute approximate surface area is 79.9 Å². The molecule has 0 unspecified atom stereocenters. The van der Waals surface area contributed by atoms with Crippen LogP contribution in [-0.2, 0) is 9.84 Å². The normalized spacial score (nSPS) is 47.5. The third-order valence-corrected chi connectivity index (χ3v) is 6.75. The number of hydrogen-bond acceptors (Lipinski definition) is 2. The SMILES string of the molecule is C[C@]12C=C[C@](C)(CCCC1)S2(=O)=O. The van der Waals surface area contributed by atoms with E-state index < -0.39 is 19.3 Å². The van der Waals surface area contributed by atoms with Gasteiger partial charge in [-0.05, 0) is 26.7 Å². The Balaban J connectivity index is 2.61. The minimum absolute atomic E-state index is 0.571. The van der Waals surface area contributed by atoms with Crippen molar-refractivity contribution in [1.82, 2.24) is 0 Å². The van der Waals surface area contributed by atoms with Gasteiger partial charge in [-0.15, -0.1) is 0 Å². The van der Waals surface area contributed by atoms with Crippen LogP contribution in [0.4, 0.5) is 0 Å². The Morgan fingerprint density at radius 1 is 1.00 bits per heavy atom. The van der Waals surface area contributed by atoms with Crippen LogP contribution >= 0.6 is 0 Å². The van der Waals surface area contributed by atoms with E-state index in [-0.39, 0.29) is 0 Å². The summed E-state index contributed by atoms with van der Waals surface area (Å²) >= 11 is 0. The van der Waals surface area contributed by atoms with Crippen molar-refractivity contribution in [3.63, 3.8) is 0 Å². The molecule has 0 aliphatic carbocycles. The first-order valence-corrected chi connectivity index (χ1v) is 6.34. The standard InChI is InChI=1S/C10H16O2S/c1-9-5-3-4-6-10(2,8-7-9)13(9,11)12/h7-8H,3-6H2,1-2H3/t9-,10+. The molecule has 2 rings (SSSR count). The van der Waals surface area contributed by atoms with Crippen LogP contribution in [0.2, 0.25) is 0 Å². The van der Waals surface area contributed by atoms with E-state index in [0.717, 1.165) is 25.7 Å². The second kappa shape index (κ2) is 2.38. The van der Waals surface area contributed by atoms with Crippen molar-refractivity contribution < 1.29 is 8.42 Å².